The fourth-order valence-corrected chi connectivity index (χ4v) is 3.30. The number of non-ortho nitro benzene ring substituents is 1. The third kappa shape index (κ3) is 5.37. The van der Waals surface area contributed by atoms with Crippen LogP contribution in [0.4, 0.5) is 11.4 Å². The van der Waals surface area contributed by atoms with Gasteiger partial charge in [-0.25, -0.2) is 0 Å². The first-order valence-corrected chi connectivity index (χ1v) is 9.71. The average Bonchev–Trinajstić information content (AvgIpc) is 2.66. The number of thioether (sulfide) groups is 1. The fourth-order valence-electron chi connectivity index (χ4n) is 2.19. The summed E-state index contributed by atoms with van der Waals surface area (Å²) >= 11 is 7.33. The molecule has 0 aliphatic heterocycles. The first-order valence-electron chi connectivity index (χ1n) is 8.19. The van der Waals surface area contributed by atoms with Crippen molar-refractivity contribution in [3.05, 3.63) is 58.1 Å². The third-order valence-corrected chi connectivity index (χ3v) is 5.73. The molecule has 0 bridgehead atoms. The summed E-state index contributed by atoms with van der Waals surface area (Å²) in [5.41, 5.74) is 0.702. The van der Waals surface area contributed by atoms with Crippen molar-refractivity contribution in [2.75, 3.05) is 18.3 Å². The van der Waals surface area contributed by atoms with Crippen molar-refractivity contribution >= 4 is 40.6 Å². The zero-order valence-corrected chi connectivity index (χ0v) is 16.9. The highest BCUT2D eigenvalue weighted by molar-refractivity contribution is 7.98. The quantitative estimate of drug-likeness (QED) is 0.284. The van der Waals surface area contributed by atoms with Crippen LogP contribution in [0.5, 0.6) is 5.75 Å². The number of nitrogens with zero attached hydrogens (tertiary/aromatic N) is 1. The number of hydrogen-bond acceptors (Lipinski definition) is 5. The Hall–Kier alpha value is -2.25. The molecular weight excluding hydrogens is 388 g/mol. The minimum absolute atomic E-state index is 0.0110. The van der Waals surface area contributed by atoms with Crippen LogP contribution in [-0.2, 0) is 10.5 Å². The standard InChI is InChI=1S/C19H21ClN2O4S/c1-19(2,12-20)18(23)21-15-6-4-5-7-17(15)27-11-13-10-14(22(24)25)8-9-16(13)26-3/h4-10H,11-12H2,1-3H3,(H,21,23). The van der Waals surface area contributed by atoms with E-state index >= 15 is 0 Å². The van der Waals surface area contributed by atoms with Gasteiger partial charge in [-0.05, 0) is 32.0 Å². The molecule has 6 nitrogen and oxygen atoms in total. The lowest BCUT2D eigenvalue weighted by molar-refractivity contribution is -0.384. The number of amides is 1. The van der Waals surface area contributed by atoms with E-state index in [4.69, 9.17) is 16.3 Å². The van der Waals surface area contributed by atoms with Crippen molar-refractivity contribution in [2.45, 2.75) is 24.5 Å². The highest BCUT2D eigenvalue weighted by Crippen LogP contribution is 2.34. The molecule has 0 spiro atoms. The molecule has 0 saturated heterocycles. The minimum Gasteiger partial charge on any atom is -0.496 e. The Morgan fingerprint density at radius 1 is 1.30 bits per heavy atom. The zero-order valence-electron chi connectivity index (χ0n) is 15.3. The van der Waals surface area contributed by atoms with Gasteiger partial charge in [0.05, 0.1) is 23.1 Å². The summed E-state index contributed by atoms with van der Waals surface area (Å²) < 4.78 is 5.30. The lowest BCUT2D eigenvalue weighted by Gasteiger charge is -2.21. The highest BCUT2D eigenvalue weighted by Gasteiger charge is 2.27. The van der Waals surface area contributed by atoms with Crippen molar-refractivity contribution in [2.24, 2.45) is 5.41 Å². The van der Waals surface area contributed by atoms with Crippen LogP contribution in [-0.4, -0.2) is 23.8 Å². The summed E-state index contributed by atoms with van der Waals surface area (Å²) in [7, 11) is 1.53. The molecule has 27 heavy (non-hydrogen) atoms. The Bertz CT molecular complexity index is 842. The number of halogens is 1. The van der Waals surface area contributed by atoms with Crippen LogP contribution < -0.4 is 10.1 Å². The Kier molecular flexibility index (Phi) is 7.10. The Morgan fingerprint density at radius 2 is 2.00 bits per heavy atom. The predicted octanol–water partition coefficient (Wildman–Crippen LogP) is 5.10. The van der Waals surface area contributed by atoms with Gasteiger partial charge in [-0.2, -0.15) is 0 Å². The van der Waals surface area contributed by atoms with Crippen LogP contribution in [0.3, 0.4) is 0 Å². The molecule has 0 fully saturated rings. The fraction of sp³-hybridized carbons (Fsp3) is 0.316. The first-order chi connectivity index (χ1) is 12.8. The predicted molar refractivity (Wildman–Crippen MR) is 109 cm³/mol. The lowest BCUT2D eigenvalue weighted by Crippen LogP contribution is -2.32. The highest BCUT2D eigenvalue weighted by atomic mass is 35.5. The van der Waals surface area contributed by atoms with Crippen molar-refractivity contribution in [3.63, 3.8) is 0 Å². The molecule has 0 heterocycles. The Labute approximate surface area is 167 Å². The Balaban J connectivity index is 2.21. The molecule has 0 aliphatic carbocycles. The van der Waals surface area contributed by atoms with Crippen molar-refractivity contribution in [3.8, 4) is 5.75 Å². The molecule has 2 aromatic rings. The molecule has 2 aromatic carbocycles. The van der Waals surface area contributed by atoms with Gasteiger partial charge < -0.3 is 10.1 Å². The van der Waals surface area contributed by atoms with Gasteiger partial charge in [0.1, 0.15) is 5.75 Å². The maximum atomic E-state index is 12.4. The van der Waals surface area contributed by atoms with Gasteiger partial charge >= 0.3 is 0 Å². The van der Waals surface area contributed by atoms with E-state index in [2.05, 4.69) is 5.32 Å². The summed E-state index contributed by atoms with van der Waals surface area (Å²) in [5, 5.41) is 13.9. The second kappa shape index (κ2) is 9.10. The summed E-state index contributed by atoms with van der Waals surface area (Å²) in [5.74, 6) is 1.08. The first kappa shape index (κ1) is 21.1. The van der Waals surface area contributed by atoms with Gasteiger partial charge in [-0.15, -0.1) is 23.4 Å². The van der Waals surface area contributed by atoms with E-state index in [0.29, 0.717) is 22.8 Å². The molecule has 1 amide bonds. The van der Waals surface area contributed by atoms with Crippen molar-refractivity contribution in [1.82, 2.24) is 0 Å². The number of carbonyl (C=O) groups excluding carboxylic acids is 1. The second-order valence-corrected chi connectivity index (χ2v) is 7.79. The minimum atomic E-state index is -0.692. The average molecular weight is 409 g/mol. The number of nitro groups is 1. The molecule has 0 aromatic heterocycles. The summed E-state index contributed by atoms with van der Waals surface area (Å²) in [6.07, 6.45) is 0. The largest absolute Gasteiger partial charge is 0.496 e. The van der Waals surface area contributed by atoms with Crippen LogP contribution in [0.15, 0.2) is 47.4 Å². The van der Waals surface area contributed by atoms with Crippen molar-refractivity contribution in [1.29, 1.82) is 0 Å². The van der Waals surface area contributed by atoms with E-state index in [1.54, 1.807) is 19.9 Å². The van der Waals surface area contributed by atoms with Gasteiger partial charge in [-0.3, -0.25) is 14.9 Å². The number of ether oxygens (including phenoxy) is 1. The summed E-state index contributed by atoms with van der Waals surface area (Å²) in [6.45, 7) is 3.55. The molecular formula is C19H21ClN2O4S. The van der Waals surface area contributed by atoms with Gasteiger partial charge in [0.25, 0.3) is 5.69 Å². The van der Waals surface area contributed by atoms with Gasteiger partial charge in [0.15, 0.2) is 0 Å². The number of anilines is 1. The van der Waals surface area contributed by atoms with Crippen LogP contribution >= 0.6 is 23.4 Å². The molecule has 0 atom stereocenters. The summed E-state index contributed by atoms with van der Waals surface area (Å²) in [4.78, 5) is 23.9. The maximum absolute atomic E-state index is 12.4. The van der Waals surface area contributed by atoms with Crippen LogP contribution in [0.1, 0.15) is 19.4 Å². The molecule has 1 N–H and O–H groups in total. The van der Waals surface area contributed by atoms with Crippen LogP contribution in [0.2, 0.25) is 0 Å². The van der Waals surface area contributed by atoms with Crippen LogP contribution in [0.25, 0.3) is 0 Å². The number of methoxy groups -OCH3 is 1. The zero-order chi connectivity index (χ0) is 20.0. The van der Waals surface area contributed by atoms with E-state index in [-0.39, 0.29) is 17.5 Å². The molecule has 0 aliphatic rings. The van der Waals surface area contributed by atoms with Gasteiger partial charge in [-0.1, -0.05) is 12.1 Å². The number of benzene rings is 2. The van der Waals surface area contributed by atoms with E-state index < -0.39 is 10.3 Å². The van der Waals surface area contributed by atoms with Gasteiger partial charge in [0, 0.05) is 34.2 Å². The number of nitro benzene ring substituents is 1. The molecule has 2 rings (SSSR count). The monoisotopic (exact) mass is 408 g/mol. The SMILES string of the molecule is COc1ccc([N+](=O)[O-])cc1CSc1ccccc1NC(=O)C(C)(C)CCl. The topological polar surface area (TPSA) is 81.5 Å². The molecule has 0 saturated carbocycles. The number of alkyl halides is 1. The van der Waals surface area contributed by atoms with Gasteiger partial charge in [0.2, 0.25) is 5.91 Å². The second-order valence-electron chi connectivity index (χ2n) is 6.51. The summed E-state index contributed by atoms with van der Waals surface area (Å²) in [6, 6.07) is 11.9. The third-order valence-electron chi connectivity index (χ3n) is 3.94. The lowest BCUT2D eigenvalue weighted by atomic mass is 9.95. The molecule has 0 unspecified atom stereocenters. The van der Waals surface area contributed by atoms with Crippen molar-refractivity contribution < 1.29 is 14.5 Å². The van der Waals surface area contributed by atoms with Crippen LogP contribution in [0, 0.1) is 15.5 Å². The number of carbonyl (C=O) groups is 1. The Morgan fingerprint density at radius 3 is 2.63 bits per heavy atom. The van der Waals surface area contributed by atoms with E-state index in [0.717, 1.165) is 4.90 Å². The number of rotatable bonds is 8. The normalized spacial score (nSPS) is 11.1. The molecule has 144 valence electrons. The molecule has 8 heteroatoms. The van der Waals surface area contributed by atoms with E-state index in [9.17, 15) is 14.9 Å². The number of hydrogen-bond donors (Lipinski definition) is 1. The maximum Gasteiger partial charge on any atom is 0.270 e. The smallest absolute Gasteiger partial charge is 0.270 e. The number of para-hydroxylation sites is 1. The van der Waals surface area contributed by atoms with E-state index in [1.165, 1.54) is 31.0 Å². The number of nitrogens with one attached hydrogen (secondary N) is 1. The molecule has 0 radical (unpaired) electrons. The van der Waals surface area contributed by atoms with E-state index in [1.807, 2.05) is 24.3 Å².